The molecule has 0 aliphatic carbocycles. The van der Waals surface area contributed by atoms with Crippen LogP contribution in [0.2, 0.25) is 0 Å². The monoisotopic (exact) mass is 378 g/mol. The van der Waals surface area contributed by atoms with Crippen LogP contribution in [0.25, 0.3) is 22.0 Å². The van der Waals surface area contributed by atoms with Crippen LogP contribution in [-0.4, -0.2) is 33.5 Å². The Morgan fingerprint density at radius 1 is 1.18 bits per heavy atom. The van der Waals surface area contributed by atoms with Gasteiger partial charge in [-0.1, -0.05) is 35.5 Å². The Kier molecular flexibility index (Phi) is 4.76. The fourth-order valence-electron chi connectivity index (χ4n) is 2.92. The third kappa shape index (κ3) is 3.71. The molecule has 4 rings (SSSR count). The van der Waals surface area contributed by atoms with Gasteiger partial charge in [-0.05, 0) is 31.2 Å². The van der Waals surface area contributed by atoms with Gasteiger partial charge in [0, 0.05) is 5.39 Å². The first-order valence-corrected chi connectivity index (χ1v) is 8.82. The van der Waals surface area contributed by atoms with E-state index in [1.54, 1.807) is 13.0 Å². The Bertz CT molecular complexity index is 1110. The lowest BCUT2D eigenvalue weighted by molar-refractivity contribution is -0.149. The molecule has 0 saturated heterocycles. The first kappa shape index (κ1) is 17.7. The van der Waals surface area contributed by atoms with Crippen molar-refractivity contribution in [2.45, 2.75) is 19.5 Å². The highest BCUT2D eigenvalue weighted by Crippen LogP contribution is 2.23. The molecular weight excluding hydrogens is 360 g/mol. The van der Waals surface area contributed by atoms with Crippen molar-refractivity contribution in [1.29, 1.82) is 0 Å². The molecule has 2 aromatic heterocycles. The normalized spacial score (nSPS) is 12.2. The van der Waals surface area contributed by atoms with Gasteiger partial charge in [0.05, 0.1) is 11.6 Å². The lowest BCUT2D eigenvalue weighted by atomic mass is 10.2. The minimum atomic E-state index is -0.567. The van der Waals surface area contributed by atoms with Gasteiger partial charge < -0.3 is 14.5 Å². The van der Waals surface area contributed by atoms with Crippen LogP contribution < -0.4 is 5.32 Å². The fourth-order valence-corrected chi connectivity index (χ4v) is 2.92. The van der Waals surface area contributed by atoms with Crippen LogP contribution in [0.1, 0.15) is 18.7 Å². The average Bonchev–Trinajstić information content (AvgIpc) is 3.31. The minimum Gasteiger partial charge on any atom is -0.459 e. The number of furan rings is 1. The highest BCUT2D eigenvalue weighted by Gasteiger charge is 2.16. The summed E-state index contributed by atoms with van der Waals surface area (Å²) in [5.74, 6) is -0.345. The second-order valence-corrected chi connectivity index (χ2v) is 6.37. The maximum atomic E-state index is 12.1. The third-order valence-electron chi connectivity index (χ3n) is 4.31. The number of aromatic nitrogens is 3. The van der Waals surface area contributed by atoms with E-state index in [9.17, 15) is 9.59 Å². The number of carbonyl (C=O) groups excluding carboxylic acids is 2. The van der Waals surface area contributed by atoms with E-state index in [0.29, 0.717) is 11.3 Å². The molecule has 8 nitrogen and oxygen atoms in total. The molecule has 4 aromatic rings. The molecule has 0 saturated carbocycles. The number of nitrogens with one attached hydrogen (secondary N) is 1. The molecule has 0 aliphatic rings. The Morgan fingerprint density at radius 2 is 1.96 bits per heavy atom. The number of benzene rings is 2. The standard InChI is InChI=1S/C20H18N4O4/c1-13(18-10-14-6-2-5-9-17(14)28-18)21-19(25)12-27-20(26)11-24-16-8-4-3-7-15(16)22-23-24/h2-10,13H,11-12H2,1H3,(H,21,25). The summed E-state index contributed by atoms with van der Waals surface area (Å²) in [5.41, 5.74) is 2.17. The summed E-state index contributed by atoms with van der Waals surface area (Å²) in [4.78, 5) is 24.1. The maximum Gasteiger partial charge on any atom is 0.328 e. The SMILES string of the molecule is CC(NC(=O)COC(=O)Cn1nnc2ccccc21)c1cc2ccccc2o1. The molecule has 1 atom stereocenters. The zero-order valence-electron chi connectivity index (χ0n) is 15.2. The predicted octanol–water partition coefficient (Wildman–Crippen LogP) is 2.60. The van der Waals surface area contributed by atoms with E-state index in [-0.39, 0.29) is 19.2 Å². The third-order valence-corrected chi connectivity index (χ3v) is 4.31. The number of carbonyl (C=O) groups is 2. The topological polar surface area (TPSA) is 99.2 Å². The maximum absolute atomic E-state index is 12.1. The number of amides is 1. The molecule has 0 radical (unpaired) electrons. The van der Waals surface area contributed by atoms with Crippen molar-refractivity contribution in [3.8, 4) is 0 Å². The summed E-state index contributed by atoms with van der Waals surface area (Å²) in [7, 11) is 0. The van der Waals surface area contributed by atoms with Crippen molar-refractivity contribution in [3.05, 3.63) is 60.4 Å². The van der Waals surface area contributed by atoms with Crippen LogP contribution >= 0.6 is 0 Å². The molecule has 1 amide bonds. The quantitative estimate of drug-likeness (QED) is 0.518. The highest BCUT2D eigenvalue weighted by atomic mass is 16.5. The predicted molar refractivity (Wildman–Crippen MR) is 101 cm³/mol. The van der Waals surface area contributed by atoms with Gasteiger partial charge in [-0.2, -0.15) is 0 Å². The summed E-state index contributed by atoms with van der Waals surface area (Å²) in [6, 6.07) is 16.4. The number of esters is 1. The molecule has 0 aliphatic heterocycles. The Morgan fingerprint density at radius 3 is 2.82 bits per heavy atom. The summed E-state index contributed by atoms with van der Waals surface area (Å²) < 4.78 is 12.2. The molecule has 2 heterocycles. The highest BCUT2D eigenvalue weighted by molar-refractivity contribution is 5.82. The molecule has 28 heavy (non-hydrogen) atoms. The number of fused-ring (bicyclic) bond motifs is 2. The number of ether oxygens (including phenoxy) is 1. The largest absolute Gasteiger partial charge is 0.459 e. The lowest BCUT2D eigenvalue weighted by Crippen LogP contribution is -2.31. The van der Waals surface area contributed by atoms with E-state index < -0.39 is 11.9 Å². The van der Waals surface area contributed by atoms with Crippen LogP contribution in [0.4, 0.5) is 0 Å². The zero-order valence-corrected chi connectivity index (χ0v) is 15.2. The van der Waals surface area contributed by atoms with Crippen LogP contribution in [0.5, 0.6) is 0 Å². The molecule has 2 aromatic carbocycles. The molecule has 1 N–H and O–H groups in total. The van der Waals surface area contributed by atoms with Crippen molar-refractivity contribution in [3.63, 3.8) is 0 Å². The van der Waals surface area contributed by atoms with Crippen LogP contribution in [0, 0.1) is 0 Å². The number of hydrogen-bond acceptors (Lipinski definition) is 6. The number of hydrogen-bond donors (Lipinski definition) is 1. The first-order valence-electron chi connectivity index (χ1n) is 8.82. The molecule has 1 unspecified atom stereocenters. The van der Waals surface area contributed by atoms with Gasteiger partial charge >= 0.3 is 5.97 Å². The van der Waals surface area contributed by atoms with Gasteiger partial charge in [-0.3, -0.25) is 9.59 Å². The lowest BCUT2D eigenvalue weighted by Gasteiger charge is -2.11. The summed E-state index contributed by atoms with van der Waals surface area (Å²) in [5, 5.41) is 11.6. The van der Waals surface area contributed by atoms with Gasteiger partial charge in [-0.25, -0.2) is 4.68 Å². The molecular formula is C20H18N4O4. The van der Waals surface area contributed by atoms with E-state index >= 15 is 0 Å². The first-order chi connectivity index (χ1) is 13.6. The molecule has 8 heteroatoms. The summed E-state index contributed by atoms with van der Waals surface area (Å²) in [6.45, 7) is 1.31. The van der Waals surface area contributed by atoms with Crippen molar-refractivity contribution in [1.82, 2.24) is 20.3 Å². The van der Waals surface area contributed by atoms with E-state index in [1.807, 2.05) is 48.5 Å². The number of rotatable bonds is 6. The van der Waals surface area contributed by atoms with Gasteiger partial charge in [-0.15, -0.1) is 5.10 Å². The van der Waals surface area contributed by atoms with Crippen molar-refractivity contribution < 1.29 is 18.7 Å². The van der Waals surface area contributed by atoms with Crippen LogP contribution in [-0.2, 0) is 20.9 Å². The molecule has 0 bridgehead atoms. The smallest absolute Gasteiger partial charge is 0.328 e. The van der Waals surface area contributed by atoms with Crippen LogP contribution in [0.15, 0.2) is 59.0 Å². The number of nitrogens with zero attached hydrogens (tertiary/aromatic N) is 3. The van der Waals surface area contributed by atoms with E-state index in [1.165, 1.54) is 4.68 Å². The van der Waals surface area contributed by atoms with Crippen molar-refractivity contribution in [2.75, 3.05) is 6.61 Å². The zero-order chi connectivity index (χ0) is 19.5. The van der Waals surface area contributed by atoms with E-state index in [2.05, 4.69) is 15.6 Å². The van der Waals surface area contributed by atoms with Gasteiger partial charge in [0.15, 0.2) is 6.61 Å². The van der Waals surface area contributed by atoms with Gasteiger partial charge in [0.25, 0.3) is 5.91 Å². The van der Waals surface area contributed by atoms with Crippen LogP contribution in [0.3, 0.4) is 0 Å². The van der Waals surface area contributed by atoms with E-state index in [4.69, 9.17) is 9.15 Å². The molecule has 0 spiro atoms. The Labute approximate surface area is 160 Å². The Balaban J connectivity index is 1.30. The van der Waals surface area contributed by atoms with E-state index in [0.717, 1.165) is 16.5 Å². The average molecular weight is 378 g/mol. The molecule has 0 fully saturated rings. The fraction of sp³-hybridized carbons (Fsp3) is 0.200. The van der Waals surface area contributed by atoms with Crippen molar-refractivity contribution >= 4 is 33.9 Å². The Hall–Kier alpha value is -3.68. The minimum absolute atomic E-state index is 0.118. The second kappa shape index (κ2) is 7.51. The van der Waals surface area contributed by atoms with Gasteiger partial charge in [0.1, 0.15) is 23.4 Å². The summed E-state index contributed by atoms with van der Waals surface area (Å²) >= 11 is 0. The second-order valence-electron chi connectivity index (χ2n) is 6.37. The van der Waals surface area contributed by atoms with Gasteiger partial charge in [0.2, 0.25) is 0 Å². The number of para-hydroxylation sites is 2. The van der Waals surface area contributed by atoms with Crippen molar-refractivity contribution in [2.24, 2.45) is 0 Å². The molecule has 142 valence electrons. The summed E-state index contributed by atoms with van der Waals surface area (Å²) in [6.07, 6.45) is 0.